The van der Waals surface area contributed by atoms with E-state index in [4.69, 9.17) is 0 Å². The van der Waals surface area contributed by atoms with Gasteiger partial charge in [0.05, 0.1) is 22.1 Å². The maximum absolute atomic E-state index is 2.60. The molecule has 3 aliphatic carbocycles. The van der Waals surface area contributed by atoms with Gasteiger partial charge in [-0.15, -0.1) is 0 Å². The smallest absolute Gasteiger partial charge is 0.155 e. The topological polar surface area (TPSA) is 9.86 Å². The fourth-order valence-electron chi connectivity index (χ4n) is 12.2. The van der Waals surface area contributed by atoms with E-state index < -0.39 is 8.07 Å². The fraction of sp³-hybridized carbons (Fsp3) is 0.0909. The van der Waals surface area contributed by atoms with Crippen LogP contribution in [0, 0.1) is 0 Å². The predicted molar refractivity (Wildman–Crippen MR) is 296 cm³/mol. The molecule has 10 aromatic rings. The Bertz CT molecular complexity index is 3650. The van der Waals surface area contributed by atoms with E-state index in [-0.39, 0.29) is 5.54 Å². The minimum absolute atomic E-state index is 0.286. The second-order valence-corrected chi connectivity index (χ2v) is 23.2. The zero-order valence-electron chi connectivity index (χ0n) is 38.6. The lowest BCUT2D eigenvalue weighted by Gasteiger charge is -2.41. The van der Waals surface area contributed by atoms with Gasteiger partial charge >= 0.3 is 0 Å². The molecule has 0 radical (unpaired) electrons. The summed E-state index contributed by atoms with van der Waals surface area (Å²) in [7, 11) is -2.60. The van der Waals surface area contributed by atoms with Gasteiger partial charge in [0.2, 0.25) is 0 Å². The van der Waals surface area contributed by atoms with Crippen LogP contribution in [0.1, 0.15) is 42.2 Å². The lowest BCUT2D eigenvalue weighted by atomic mass is 9.87. The van der Waals surface area contributed by atoms with E-state index in [2.05, 4.69) is 270 Å². The Hall–Kier alpha value is -7.98. The third kappa shape index (κ3) is 6.99. The van der Waals surface area contributed by atoms with Crippen LogP contribution >= 0.6 is 0 Å². The molecular formula is C66H52N2Si. The van der Waals surface area contributed by atoms with E-state index in [1.165, 1.54) is 92.8 Å². The van der Waals surface area contributed by atoms with Crippen molar-refractivity contribution in [1.29, 1.82) is 0 Å². The molecule has 0 fully saturated rings. The molecule has 0 saturated heterocycles. The molecule has 69 heavy (non-hydrogen) atoms. The van der Waals surface area contributed by atoms with Crippen LogP contribution in [0.3, 0.4) is 0 Å². The number of rotatable bonds is 9. The number of benzene rings is 8. The van der Waals surface area contributed by atoms with Crippen LogP contribution in [-0.2, 0) is 0 Å². The molecule has 3 aliphatic rings. The summed E-state index contributed by atoms with van der Waals surface area (Å²) in [5.41, 5.74) is 13.1. The van der Waals surface area contributed by atoms with Gasteiger partial charge in [0.1, 0.15) is 0 Å². The van der Waals surface area contributed by atoms with Crippen LogP contribution in [0.25, 0.3) is 66.1 Å². The highest BCUT2D eigenvalue weighted by Crippen LogP contribution is 2.43. The summed E-state index contributed by atoms with van der Waals surface area (Å²) in [5.74, 6) is 0.780. The number of hydrogen-bond donors (Lipinski definition) is 0. The molecule has 3 heteroatoms. The first kappa shape index (κ1) is 41.2. The van der Waals surface area contributed by atoms with Gasteiger partial charge in [-0.2, -0.15) is 0 Å². The van der Waals surface area contributed by atoms with Gasteiger partial charge in [0.15, 0.2) is 8.07 Å². The molecule has 0 amide bonds. The van der Waals surface area contributed by atoms with Crippen LogP contribution in [-0.4, -0.2) is 17.2 Å². The standard InChI is InChI=1S/C66H52N2Si/c1-5-19-47(20-6-1)48-35-37-49(38-36-48)50-21-17-22-53(43-50)67-63-33-15-13-31-59(63)61-44-51(39-41-65(61)67)52-40-42-66-62(45-52)60-32-14-16-34-64(60)68(66)54-23-18-30-58(46-54)69(55-24-7-2-8-25-55,56-26-9-3-10-27-56)57-28-11-4-12-29-57/h1-19,21-42,44-45,47,50,58H,20,43,46H2. The lowest BCUT2D eigenvalue weighted by Crippen LogP contribution is -2.69. The molecule has 3 unspecified atom stereocenters. The van der Waals surface area contributed by atoms with E-state index >= 15 is 0 Å². The van der Waals surface area contributed by atoms with Crippen molar-refractivity contribution < 1.29 is 0 Å². The molecular weight excluding hydrogens is 849 g/mol. The highest BCUT2D eigenvalue weighted by atomic mass is 28.3. The summed E-state index contributed by atoms with van der Waals surface area (Å²) < 4.78 is 5.07. The molecule has 0 spiro atoms. The molecule has 3 atom stereocenters. The predicted octanol–water partition coefficient (Wildman–Crippen LogP) is 15.1. The van der Waals surface area contributed by atoms with Crippen molar-refractivity contribution in [1.82, 2.24) is 9.13 Å². The summed E-state index contributed by atoms with van der Waals surface area (Å²) in [6, 6.07) is 75.7. The largest absolute Gasteiger partial charge is 0.313 e. The number of nitrogens with zero attached hydrogens (tertiary/aromatic N) is 2. The molecule has 8 aromatic carbocycles. The van der Waals surface area contributed by atoms with Gasteiger partial charge in [0.25, 0.3) is 0 Å². The van der Waals surface area contributed by atoms with Crippen molar-refractivity contribution in [2.75, 3.05) is 0 Å². The number of fused-ring (bicyclic) bond motifs is 6. The maximum Gasteiger partial charge on any atom is 0.155 e. The molecule has 0 aliphatic heterocycles. The van der Waals surface area contributed by atoms with Crippen LogP contribution in [0.2, 0.25) is 5.54 Å². The third-order valence-electron chi connectivity index (χ3n) is 15.4. The van der Waals surface area contributed by atoms with Gasteiger partial charge in [-0.3, -0.25) is 0 Å². The van der Waals surface area contributed by atoms with Crippen LogP contribution in [0.15, 0.2) is 261 Å². The Morgan fingerprint density at radius 3 is 1.33 bits per heavy atom. The van der Waals surface area contributed by atoms with Crippen molar-refractivity contribution in [3.05, 3.63) is 272 Å². The molecule has 0 N–H and O–H groups in total. The van der Waals surface area contributed by atoms with Crippen LogP contribution < -0.4 is 15.6 Å². The first-order valence-electron chi connectivity index (χ1n) is 24.6. The van der Waals surface area contributed by atoms with E-state index in [1.54, 1.807) is 0 Å². The quantitative estimate of drug-likeness (QED) is 0.101. The maximum atomic E-state index is 2.56. The zero-order valence-corrected chi connectivity index (χ0v) is 39.6. The molecule has 0 bridgehead atoms. The van der Waals surface area contributed by atoms with E-state index in [1.807, 2.05) is 0 Å². The minimum Gasteiger partial charge on any atom is -0.313 e. The van der Waals surface area contributed by atoms with Gasteiger partial charge in [-0.05, 0) is 111 Å². The first-order valence-corrected chi connectivity index (χ1v) is 26.7. The summed E-state index contributed by atoms with van der Waals surface area (Å²) >= 11 is 0. The Labute approximate surface area is 405 Å². The van der Waals surface area contributed by atoms with Gasteiger partial charge in [-0.1, -0.05) is 212 Å². The van der Waals surface area contributed by atoms with Gasteiger partial charge in [-0.25, -0.2) is 0 Å². The molecule has 2 aromatic heterocycles. The van der Waals surface area contributed by atoms with Crippen molar-refractivity contribution in [3.8, 4) is 11.1 Å². The molecule has 0 saturated carbocycles. The average molecular weight is 901 g/mol. The minimum atomic E-state index is -2.60. The number of para-hydroxylation sites is 2. The summed E-state index contributed by atoms with van der Waals surface area (Å²) in [5, 5.41) is 9.44. The van der Waals surface area contributed by atoms with Crippen LogP contribution in [0.4, 0.5) is 0 Å². The van der Waals surface area contributed by atoms with Gasteiger partial charge in [0, 0.05) is 44.8 Å². The van der Waals surface area contributed by atoms with E-state index in [0.717, 1.165) is 19.3 Å². The van der Waals surface area contributed by atoms with Crippen LogP contribution in [0.5, 0.6) is 0 Å². The monoisotopic (exact) mass is 900 g/mol. The van der Waals surface area contributed by atoms with Crippen molar-refractivity contribution >= 4 is 78.6 Å². The summed E-state index contributed by atoms with van der Waals surface area (Å²) in [6.07, 6.45) is 26.0. The average Bonchev–Trinajstić information content (AvgIpc) is 3.95. The van der Waals surface area contributed by atoms with E-state index in [9.17, 15) is 0 Å². The molecule has 2 heterocycles. The third-order valence-corrected chi connectivity index (χ3v) is 20.6. The highest BCUT2D eigenvalue weighted by molar-refractivity contribution is 7.12. The van der Waals surface area contributed by atoms with Crippen molar-refractivity contribution in [2.45, 2.75) is 36.6 Å². The SMILES string of the molecule is C1=CCC(c2ccc(C3C=CC=C(n4c5ccccc5c5cc(-c6ccc7c(c6)c6ccccc6n7C6=CC=CC([Si](c7ccccc7)(c7ccccc7)c7ccccc7)C6)ccc54)C3)cc2)C=C1. The first-order chi connectivity index (χ1) is 34.2. The molecule has 2 nitrogen and oxygen atoms in total. The summed E-state index contributed by atoms with van der Waals surface area (Å²) in [6.45, 7) is 0. The number of allylic oxidation sites excluding steroid dienone is 12. The van der Waals surface area contributed by atoms with Gasteiger partial charge < -0.3 is 9.13 Å². The second-order valence-electron chi connectivity index (χ2n) is 19.1. The Morgan fingerprint density at radius 2 is 0.812 bits per heavy atom. The fourth-order valence-corrected chi connectivity index (χ4v) is 17.5. The Morgan fingerprint density at radius 1 is 0.362 bits per heavy atom. The summed E-state index contributed by atoms with van der Waals surface area (Å²) in [4.78, 5) is 0. The van der Waals surface area contributed by atoms with E-state index in [0.29, 0.717) is 11.8 Å². The second kappa shape index (κ2) is 17.3. The highest BCUT2D eigenvalue weighted by Gasteiger charge is 2.46. The Kier molecular flexibility index (Phi) is 10.3. The van der Waals surface area contributed by atoms with Crippen molar-refractivity contribution in [3.63, 3.8) is 0 Å². The number of hydrogen-bond acceptors (Lipinski definition) is 0. The molecule has 13 rings (SSSR count). The number of aromatic nitrogens is 2. The Balaban J connectivity index is 0.866. The lowest BCUT2D eigenvalue weighted by molar-refractivity contribution is 0.826. The van der Waals surface area contributed by atoms with Crippen molar-refractivity contribution in [2.24, 2.45) is 0 Å². The normalized spacial score (nSPS) is 18.1. The molecule has 330 valence electrons. The zero-order chi connectivity index (χ0) is 45.7.